The van der Waals surface area contributed by atoms with Crippen LogP contribution in [-0.4, -0.2) is 12.6 Å². The number of hydrogen-bond acceptors (Lipinski definition) is 2. The summed E-state index contributed by atoms with van der Waals surface area (Å²) in [4.78, 5) is 0. The van der Waals surface area contributed by atoms with Gasteiger partial charge in [0.05, 0.1) is 12.1 Å². The van der Waals surface area contributed by atoms with E-state index in [1.165, 1.54) is 6.07 Å². The van der Waals surface area contributed by atoms with Gasteiger partial charge in [0.25, 0.3) is 0 Å². The minimum Gasteiger partial charge on any atom is -0.490 e. The van der Waals surface area contributed by atoms with Crippen LogP contribution in [0.25, 0.3) is 0 Å². The van der Waals surface area contributed by atoms with Crippen LogP contribution in [-0.2, 0) is 0 Å². The van der Waals surface area contributed by atoms with Gasteiger partial charge >= 0.3 is 0 Å². The van der Waals surface area contributed by atoms with Crippen LogP contribution >= 0.6 is 0 Å². The van der Waals surface area contributed by atoms with Gasteiger partial charge in [-0.05, 0) is 54.8 Å². The van der Waals surface area contributed by atoms with Gasteiger partial charge in [0.15, 0.2) is 0 Å². The molecule has 1 atom stereocenters. The molecule has 0 aliphatic heterocycles. The minimum atomic E-state index is -0.208. The monoisotopic (exact) mass is 285 g/mol. The molecule has 0 radical (unpaired) electrons. The summed E-state index contributed by atoms with van der Waals surface area (Å²) in [5.74, 6) is 0.690. The Bertz CT molecular complexity index is 610. The van der Waals surface area contributed by atoms with Crippen LogP contribution in [0.1, 0.15) is 36.9 Å². The van der Waals surface area contributed by atoms with Crippen LogP contribution in [0, 0.1) is 5.82 Å². The molecule has 0 heterocycles. The standard InChI is InChI=1S/C18H20FNO/c1-2-20-18(13-5-3-7-15(19)11-13)14-6-4-8-17(12-14)21-16-9-10-16/h3-8,11-12,16,18,20H,2,9-10H2,1H3. The third kappa shape index (κ3) is 3.61. The van der Waals surface area contributed by atoms with Gasteiger partial charge in [0, 0.05) is 0 Å². The van der Waals surface area contributed by atoms with Crippen molar-refractivity contribution in [3.05, 3.63) is 65.5 Å². The highest BCUT2D eigenvalue weighted by Gasteiger charge is 2.24. The fourth-order valence-corrected chi connectivity index (χ4v) is 2.46. The van der Waals surface area contributed by atoms with Gasteiger partial charge in [-0.15, -0.1) is 0 Å². The number of halogens is 1. The lowest BCUT2D eigenvalue weighted by Gasteiger charge is -2.20. The SMILES string of the molecule is CCNC(c1cccc(F)c1)c1cccc(OC2CC2)c1. The molecule has 0 aromatic heterocycles. The first-order chi connectivity index (χ1) is 10.3. The molecule has 1 unspecified atom stereocenters. The van der Waals surface area contributed by atoms with Crippen molar-refractivity contribution in [2.45, 2.75) is 31.9 Å². The van der Waals surface area contributed by atoms with Gasteiger partial charge in [-0.25, -0.2) is 4.39 Å². The van der Waals surface area contributed by atoms with Crippen LogP contribution in [0.15, 0.2) is 48.5 Å². The van der Waals surface area contributed by atoms with E-state index < -0.39 is 0 Å². The first kappa shape index (κ1) is 14.1. The quantitative estimate of drug-likeness (QED) is 0.864. The molecule has 3 rings (SSSR count). The van der Waals surface area contributed by atoms with E-state index in [-0.39, 0.29) is 11.9 Å². The van der Waals surface area contributed by atoms with E-state index in [1.807, 2.05) is 18.2 Å². The minimum absolute atomic E-state index is 0.0200. The maximum atomic E-state index is 13.5. The van der Waals surface area contributed by atoms with Crippen molar-refractivity contribution in [2.75, 3.05) is 6.54 Å². The molecule has 1 saturated carbocycles. The molecule has 1 aliphatic carbocycles. The molecular formula is C18H20FNO. The second-order valence-corrected chi connectivity index (χ2v) is 5.44. The number of benzene rings is 2. The summed E-state index contributed by atoms with van der Waals surface area (Å²) in [5, 5.41) is 3.42. The largest absolute Gasteiger partial charge is 0.490 e. The van der Waals surface area contributed by atoms with Gasteiger partial charge in [0.2, 0.25) is 0 Å². The summed E-state index contributed by atoms with van der Waals surface area (Å²) in [6, 6.07) is 14.8. The molecule has 2 nitrogen and oxygen atoms in total. The third-order valence-corrected chi connectivity index (χ3v) is 3.61. The summed E-state index contributed by atoms with van der Waals surface area (Å²) >= 11 is 0. The second-order valence-electron chi connectivity index (χ2n) is 5.44. The zero-order chi connectivity index (χ0) is 14.7. The Morgan fingerprint density at radius 3 is 2.52 bits per heavy atom. The lowest BCUT2D eigenvalue weighted by atomic mass is 9.98. The third-order valence-electron chi connectivity index (χ3n) is 3.61. The van der Waals surface area contributed by atoms with Crippen LogP contribution in [0.2, 0.25) is 0 Å². The maximum Gasteiger partial charge on any atom is 0.123 e. The first-order valence-electron chi connectivity index (χ1n) is 7.51. The Kier molecular flexibility index (Phi) is 4.20. The number of ether oxygens (including phenoxy) is 1. The van der Waals surface area contributed by atoms with E-state index in [4.69, 9.17) is 4.74 Å². The summed E-state index contributed by atoms with van der Waals surface area (Å²) in [6.45, 7) is 2.87. The van der Waals surface area contributed by atoms with E-state index in [9.17, 15) is 4.39 Å². The van der Waals surface area contributed by atoms with Gasteiger partial charge < -0.3 is 10.1 Å². The smallest absolute Gasteiger partial charge is 0.123 e. The van der Waals surface area contributed by atoms with Crippen molar-refractivity contribution in [3.63, 3.8) is 0 Å². The molecule has 0 amide bonds. The van der Waals surface area contributed by atoms with Crippen LogP contribution < -0.4 is 10.1 Å². The Morgan fingerprint density at radius 1 is 1.14 bits per heavy atom. The number of hydrogen-bond donors (Lipinski definition) is 1. The summed E-state index contributed by atoms with van der Waals surface area (Å²) in [5.41, 5.74) is 2.03. The Hall–Kier alpha value is -1.87. The van der Waals surface area contributed by atoms with Gasteiger partial charge in [-0.1, -0.05) is 31.2 Å². The predicted molar refractivity (Wildman–Crippen MR) is 82.0 cm³/mol. The molecule has 3 heteroatoms. The van der Waals surface area contributed by atoms with Crippen LogP contribution in [0.3, 0.4) is 0 Å². The summed E-state index contributed by atoms with van der Waals surface area (Å²) < 4.78 is 19.3. The molecule has 1 fully saturated rings. The molecule has 2 aromatic carbocycles. The highest BCUT2D eigenvalue weighted by atomic mass is 19.1. The van der Waals surface area contributed by atoms with E-state index in [0.29, 0.717) is 6.10 Å². The average Bonchev–Trinajstić information content (AvgIpc) is 3.29. The lowest BCUT2D eigenvalue weighted by Crippen LogP contribution is -2.22. The molecule has 110 valence electrons. The number of nitrogens with one attached hydrogen (secondary N) is 1. The number of rotatable bonds is 6. The summed E-state index contributed by atoms with van der Waals surface area (Å²) in [6.07, 6.45) is 2.67. The van der Waals surface area contributed by atoms with Gasteiger partial charge in [-0.3, -0.25) is 0 Å². The second kappa shape index (κ2) is 6.27. The van der Waals surface area contributed by atoms with Gasteiger partial charge in [0.1, 0.15) is 11.6 Å². The molecule has 2 aromatic rings. The molecule has 1 aliphatic rings. The van der Waals surface area contributed by atoms with Crippen molar-refractivity contribution < 1.29 is 9.13 Å². The van der Waals surface area contributed by atoms with E-state index in [0.717, 1.165) is 36.3 Å². The van der Waals surface area contributed by atoms with Crippen molar-refractivity contribution in [1.82, 2.24) is 5.32 Å². The Balaban J connectivity index is 1.88. The van der Waals surface area contributed by atoms with E-state index in [1.54, 1.807) is 12.1 Å². The Morgan fingerprint density at radius 2 is 1.86 bits per heavy atom. The summed E-state index contributed by atoms with van der Waals surface area (Å²) in [7, 11) is 0. The molecule has 0 bridgehead atoms. The lowest BCUT2D eigenvalue weighted by molar-refractivity contribution is 0.302. The van der Waals surface area contributed by atoms with Crippen LogP contribution in [0.4, 0.5) is 4.39 Å². The van der Waals surface area contributed by atoms with Crippen molar-refractivity contribution in [1.29, 1.82) is 0 Å². The molecule has 0 saturated heterocycles. The average molecular weight is 285 g/mol. The Labute approximate surface area is 125 Å². The highest BCUT2D eigenvalue weighted by Crippen LogP contribution is 2.30. The fourth-order valence-electron chi connectivity index (χ4n) is 2.46. The molecule has 21 heavy (non-hydrogen) atoms. The molecule has 1 N–H and O–H groups in total. The molecular weight excluding hydrogens is 265 g/mol. The normalized spacial score (nSPS) is 15.7. The zero-order valence-electron chi connectivity index (χ0n) is 12.2. The predicted octanol–water partition coefficient (Wildman–Crippen LogP) is 4.07. The molecule has 0 spiro atoms. The van der Waals surface area contributed by atoms with Crippen molar-refractivity contribution in [2.24, 2.45) is 0 Å². The topological polar surface area (TPSA) is 21.3 Å². The van der Waals surface area contributed by atoms with E-state index >= 15 is 0 Å². The highest BCUT2D eigenvalue weighted by molar-refractivity contribution is 5.37. The zero-order valence-corrected chi connectivity index (χ0v) is 12.2. The first-order valence-corrected chi connectivity index (χ1v) is 7.51. The maximum absolute atomic E-state index is 13.5. The van der Waals surface area contributed by atoms with Gasteiger partial charge in [-0.2, -0.15) is 0 Å². The fraction of sp³-hybridized carbons (Fsp3) is 0.333. The van der Waals surface area contributed by atoms with Crippen molar-refractivity contribution in [3.8, 4) is 5.75 Å². The van der Waals surface area contributed by atoms with Crippen LogP contribution in [0.5, 0.6) is 5.75 Å². The van der Waals surface area contributed by atoms with E-state index in [2.05, 4.69) is 24.4 Å². The van der Waals surface area contributed by atoms with Crippen molar-refractivity contribution >= 4 is 0 Å².